The van der Waals surface area contributed by atoms with Crippen LogP contribution in [0.25, 0.3) is 0 Å². The molecule has 0 saturated heterocycles. The van der Waals surface area contributed by atoms with Crippen molar-refractivity contribution >= 4 is 13.9 Å². The summed E-state index contributed by atoms with van der Waals surface area (Å²) in [5.41, 5.74) is 0.466. The number of carbonyl (C=O) groups excluding carboxylic acids is 1. The number of rotatable bonds is 4. The third-order valence-electron chi connectivity index (χ3n) is 2.08. The van der Waals surface area contributed by atoms with Gasteiger partial charge in [-0.15, -0.1) is 0 Å². The number of phosphoric acid groups is 1. The van der Waals surface area contributed by atoms with Crippen LogP contribution < -0.4 is 4.52 Å². The fourth-order valence-electron chi connectivity index (χ4n) is 1.33. The summed E-state index contributed by atoms with van der Waals surface area (Å²) in [6, 6.07) is 6.27. The van der Waals surface area contributed by atoms with Gasteiger partial charge in [0.15, 0.2) is 0 Å². The van der Waals surface area contributed by atoms with Gasteiger partial charge in [-0.1, -0.05) is 18.2 Å². The van der Waals surface area contributed by atoms with E-state index < -0.39 is 13.9 Å². The van der Waals surface area contributed by atoms with Gasteiger partial charge in [0, 0.05) is 12.6 Å². The Morgan fingerprint density at radius 3 is 2.56 bits per heavy atom. The highest BCUT2D eigenvalue weighted by Crippen LogP contribution is 2.39. The highest BCUT2D eigenvalue weighted by Gasteiger charge is 2.19. The Balaban J connectivity index is 2.89. The van der Waals surface area contributed by atoms with Crippen LogP contribution in [0, 0.1) is 0 Å². The van der Waals surface area contributed by atoms with Crippen molar-refractivity contribution in [3.05, 3.63) is 29.8 Å². The molecule has 0 radical (unpaired) electrons. The molecule has 0 bridgehead atoms. The van der Waals surface area contributed by atoms with Crippen molar-refractivity contribution < 1.29 is 28.4 Å². The third-order valence-corrected chi connectivity index (χ3v) is 2.52. The Morgan fingerprint density at radius 1 is 1.39 bits per heavy atom. The summed E-state index contributed by atoms with van der Waals surface area (Å²) in [7, 11) is -1.88. The fourth-order valence-corrected chi connectivity index (χ4v) is 1.76. The van der Waals surface area contributed by atoms with Gasteiger partial charge in [0.1, 0.15) is 5.75 Å². The zero-order chi connectivity index (χ0) is 13.8. The maximum atomic E-state index is 11.2. The number of hydrogen-bond acceptors (Lipinski definition) is 4. The van der Waals surface area contributed by atoms with Crippen LogP contribution in [0.2, 0.25) is 0 Å². The lowest BCUT2D eigenvalue weighted by molar-refractivity contribution is 0.131. The molecule has 100 valence electrons. The van der Waals surface area contributed by atoms with E-state index in [1.54, 1.807) is 18.2 Å². The van der Waals surface area contributed by atoms with Gasteiger partial charge in [-0.2, -0.15) is 0 Å². The Hall–Kier alpha value is -1.56. The quantitative estimate of drug-likeness (QED) is 0.805. The molecule has 1 rings (SSSR count). The Labute approximate surface area is 104 Å². The molecule has 0 unspecified atom stereocenters. The van der Waals surface area contributed by atoms with Gasteiger partial charge in [0.25, 0.3) is 0 Å². The highest BCUT2D eigenvalue weighted by molar-refractivity contribution is 7.46. The molecule has 0 spiro atoms. The average molecular weight is 275 g/mol. The number of ether oxygens (including phenoxy) is 1. The largest absolute Gasteiger partial charge is 0.524 e. The third kappa shape index (κ3) is 4.37. The van der Waals surface area contributed by atoms with E-state index in [-0.39, 0.29) is 12.3 Å². The van der Waals surface area contributed by atoms with Crippen molar-refractivity contribution in [2.75, 3.05) is 14.2 Å². The number of hydrogen-bond donors (Lipinski definition) is 2. The van der Waals surface area contributed by atoms with Crippen molar-refractivity contribution in [1.29, 1.82) is 0 Å². The van der Waals surface area contributed by atoms with Crippen molar-refractivity contribution in [3.63, 3.8) is 0 Å². The van der Waals surface area contributed by atoms with Crippen molar-refractivity contribution in [1.82, 2.24) is 4.90 Å². The van der Waals surface area contributed by atoms with Crippen LogP contribution in [0.15, 0.2) is 24.3 Å². The molecule has 0 heterocycles. The van der Waals surface area contributed by atoms with E-state index in [2.05, 4.69) is 9.26 Å². The summed E-state index contributed by atoms with van der Waals surface area (Å²) in [5.74, 6) is 0.0292. The number of methoxy groups -OCH3 is 1. The first kappa shape index (κ1) is 14.5. The molecule has 0 aliphatic rings. The van der Waals surface area contributed by atoms with Crippen LogP contribution in [0.1, 0.15) is 5.56 Å². The molecule has 2 N–H and O–H groups in total. The first-order valence-electron chi connectivity index (χ1n) is 4.95. The second-order valence-corrected chi connectivity index (χ2v) is 4.68. The summed E-state index contributed by atoms with van der Waals surface area (Å²) in [4.78, 5) is 30.0. The predicted octanol–water partition coefficient (Wildman–Crippen LogP) is 1.36. The number of amides is 1. The summed E-state index contributed by atoms with van der Waals surface area (Å²) in [6.07, 6.45) is -0.555. The lowest BCUT2D eigenvalue weighted by atomic mass is 10.2. The van der Waals surface area contributed by atoms with Crippen molar-refractivity contribution in [2.45, 2.75) is 6.54 Å². The summed E-state index contributed by atoms with van der Waals surface area (Å²) < 4.78 is 19.8. The number of carbonyl (C=O) groups is 1. The molecule has 0 fully saturated rings. The number of phosphoric ester groups is 1. The molecule has 0 aliphatic carbocycles. The predicted molar refractivity (Wildman–Crippen MR) is 63.0 cm³/mol. The summed E-state index contributed by atoms with van der Waals surface area (Å²) in [5, 5.41) is 0. The van der Waals surface area contributed by atoms with E-state index in [0.29, 0.717) is 5.56 Å². The molecule has 0 aliphatic heterocycles. The SMILES string of the molecule is COC(=O)N(C)Cc1ccccc1OP(=O)(O)O. The van der Waals surface area contributed by atoms with Gasteiger partial charge in [0.05, 0.1) is 13.7 Å². The van der Waals surface area contributed by atoms with Crippen LogP contribution in [0.3, 0.4) is 0 Å². The molecule has 18 heavy (non-hydrogen) atoms. The lowest BCUT2D eigenvalue weighted by Crippen LogP contribution is -2.26. The molecular formula is C10H14NO6P. The molecule has 0 saturated carbocycles. The van der Waals surface area contributed by atoms with E-state index in [4.69, 9.17) is 9.79 Å². The highest BCUT2D eigenvalue weighted by atomic mass is 31.2. The second kappa shape index (κ2) is 5.86. The first-order valence-corrected chi connectivity index (χ1v) is 6.48. The van der Waals surface area contributed by atoms with Crippen molar-refractivity contribution in [2.24, 2.45) is 0 Å². The summed E-state index contributed by atoms with van der Waals surface area (Å²) >= 11 is 0. The summed E-state index contributed by atoms with van der Waals surface area (Å²) in [6.45, 7) is 0.114. The smallest absolute Gasteiger partial charge is 0.453 e. The average Bonchev–Trinajstić information content (AvgIpc) is 2.28. The number of nitrogens with zero attached hydrogens (tertiary/aromatic N) is 1. The molecule has 1 aromatic carbocycles. The standard InChI is InChI=1S/C10H14NO6P/c1-11(10(12)16-2)7-8-5-3-4-6-9(8)17-18(13,14)15/h3-6H,7H2,1-2H3,(H2,13,14,15). The minimum atomic E-state index is -4.62. The van der Waals surface area contributed by atoms with Gasteiger partial charge < -0.3 is 14.2 Å². The molecule has 1 amide bonds. The number of para-hydroxylation sites is 1. The normalized spacial score (nSPS) is 10.9. The van der Waals surface area contributed by atoms with Crippen LogP contribution in [0.5, 0.6) is 5.75 Å². The van der Waals surface area contributed by atoms with Crippen LogP contribution in [-0.4, -0.2) is 34.9 Å². The topological polar surface area (TPSA) is 96.3 Å². The van der Waals surface area contributed by atoms with Gasteiger partial charge >= 0.3 is 13.9 Å². The zero-order valence-corrected chi connectivity index (χ0v) is 10.8. The van der Waals surface area contributed by atoms with Crippen LogP contribution in [0.4, 0.5) is 4.79 Å². The maximum absolute atomic E-state index is 11.2. The second-order valence-electron chi connectivity index (χ2n) is 3.52. The molecule has 0 atom stereocenters. The molecule has 0 aromatic heterocycles. The van der Waals surface area contributed by atoms with Gasteiger partial charge in [-0.25, -0.2) is 9.36 Å². The Bertz CT molecular complexity index is 471. The van der Waals surface area contributed by atoms with E-state index >= 15 is 0 Å². The lowest BCUT2D eigenvalue weighted by Gasteiger charge is -2.18. The monoisotopic (exact) mass is 275 g/mol. The van der Waals surface area contributed by atoms with Gasteiger partial charge in [-0.3, -0.25) is 9.79 Å². The first-order chi connectivity index (χ1) is 8.33. The fraction of sp³-hybridized carbons (Fsp3) is 0.300. The Kier molecular flexibility index (Phi) is 4.72. The van der Waals surface area contributed by atoms with Crippen LogP contribution in [-0.2, 0) is 15.8 Å². The molecule has 1 aromatic rings. The minimum absolute atomic E-state index is 0.0292. The van der Waals surface area contributed by atoms with E-state index in [0.717, 1.165) is 0 Å². The zero-order valence-electron chi connectivity index (χ0n) is 9.94. The number of benzene rings is 1. The van der Waals surface area contributed by atoms with E-state index in [1.807, 2.05) is 0 Å². The maximum Gasteiger partial charge on any atom is 0.524 e. The molecule has 8 heteroatoms. The van der Waals surface area contributed by atoms with Crippen molar-refractivity contribution in [3.8, 4) is 5.75 Å². The van der Waals surface area contributed by atoms with E-state index in [1.165, 1.54) is 25.1 Å². The minimum Gasteiger partial charge on any atom is -0.453 e. The molecular weight excluding hydrogens is 261 g/mol. The van der Waals surface area contributed by atoms with E-state index in [9.17, 15) is 9.36 Å². The van der Waals surface area contributed by atoms with Crippen LogP contribution >= 0.6 is 7.82 Å². The Morgan fingerprint density at radius 2 is 2.00 bits per heavy atom. The van der Waals surface area contributed by atoms with Gasteiger partial charge in [0.2, 0.25) is 0 Å². The molecule has 7 nitrogen and oxygen atoms in total. The van der Waals surface area contributed by atoms with Gasteiger partial charge in [-0.05, 0) is 6.07 Å².